The van der Waals surface area contributed by atoms with Crippen LogP contribution in [0.2, 0.25) is 0 Å². The van der Waals surface area contributed by atoms with Crippen LogP contribution in [0.1, 0.15) is 18.4 Å². The third-order valence-corrected chi connectivity index (χ3v) is 2.24. The first-order chi connectivity index (χ1) is 6.61. The van der Waals surface area contributed by atoms with Crippen LogP contribution in [0.25, 0.3) is 0 Å². The normalized spacial score (nSPS) is 10.1. The van der Waals surface area contributed by atoms with Gasteiger partial charge in [0.05, 0.1) is 4.99 Å². The number of pyridine rings is 1. The van der Waals surface area contributed by atoms with Crippen LogP contribution in [-0.4, -0.2) is 9.56 Å². The highest BCUT2D eigenvalue weighted by Crippen LogP contribution is 1.95. The lowest BCUT2D eigenvalue weighted by Gasteiger charge is -2.05. The Bertz CT molecular complexity index is 384. The number of nitrogens with two attached hydrogens (primary N) is 1. The van der Waals surface area contributed by atoms with Crippen molar-refractivity contribution in [2.24, 2.45) is 5.73 Å². The molecule has 0 fully saturated rings. The lowest BCUT2D eigenvalue weighted by Crippen LogP contribution is -2.21. The molecule has 0 unspecified atom stereocenters. The molecule has 0 atom stereocenters. The zero-order valence-electron chi connectivity index (χ0n) is 8.19. The molecule has 1 heterocycles. The molecule has 0 aromatic carbocycles. The van der Waals surface area contributed by atoms with Crippen molar-refractivity contribution in [3.05, 3.63) is 34.2 Å². The molecule has 0 saturated heterocycles. The van der Waals surface area contributed by atoms with Gasteiger partial charge in [-0.05, 0) is 25.8 Å². The van der Waals surface area contributed by atoms with Crippen LogP contribution < -0.4 is 11.3 Å². The summed E-state index contributed by atoms with van der Waals surface area (Å²) in [5, 5.41) is 0. The Balaban J connectivity index is 2.64. The first-order valence-corrected chi connectivity index (χ1v) is 4.96. The van der Waals surface area contributed by atoms with Crippen LogP contribution in [0, 0.1) is 6.92 Å². The van der Waals surface area contributed by atoms with E-state index < -0.39 is 0 Å². The standard InChI is InChI=1S/C10H14N2OS/c1-8-4-2-6-12(10(8)13)7-3-5-9(11)14/h2,4,6H,3,5,7H2,1H3,(H2,11,14). The maximum Gasteiger partial charge on any atom is 0.253 e. The van der Waals surface area contributed by atoms with Crippen LogP contribution in [0.15, 0.2) is 23.1 Å². The highest BCUT2D eigenvalue weighted by atomic mass is 32.1. The van der Waals surface area contributed by atoms with Gasteiger partial charge < -0.3 is 10.3 Å². The molecule has 0 bridgehead atoms. The molecule has 14 heavy (non-hydrogen) atoms. The molecule has 0 amide bonds. The van der Waals surface area contributed by atoms with E-state index in [0.29, 0.717) is 18.0 Å². The molecule has 0 radical (unpaired) electrons. The minimum atomic E-state index is 0.0652. The van der Waals surface area contributed by atoms with Crippen molar-refractivity contribution in [2.45, 2.75) is 26.3 Å². The number of rotatable bonds is 4. The van der Waals surface area contributed by atoms with Gasteiger partial charge in [0.15, 0.2) is 0 Å². The Kier molecular flexibility index (Phi) is 3.83. The summed E-state index contributed by atoms with van der Waals surface area (Å²) < 4.78 is 1.69. The van der Waals surface area contributed by atoms with E-state index in [1.807, 2.05) is 19.1 Å². The van der Waals surface area contributed by atoms with Gasteiger partial charge in [0, 0.05) is 18.3 Å². The molecule has 0 aliphatic heterocycles. The average molecular weight is 210 g/mol. The van der Waals surface area contributed by atoms with E-state index in [1.165, 1.54) is 0 Å². The number of nitrogens with zero attached hydrogens (tertiary/aromatic N) is 1. The highest BCUT2D eigenvalue weighted by Gasteiger charge is 1.98. The van der Waals surface area contributed by atoms with Gasteiger partial charge in [0.25, 0.3) is 5.56 Å². The third-order valence-electron chi connectivity index (χ3n) is 2.03. The average Bonchev–Trinajstić information content (AvgIpc) is 2.12. The maximum absolute atomic E-state index is 11.5. The van der Waals surface area contributed by atoms with Gasteiger partial charge >= 0.3 is 0 Å². The summed E-state index contributed by atoms with van der Waals surface area (Å²) in [6.07, 6.45) is 3.29. The maximum atomic E-state index is 11.5. The van der Waals surface area contributed by atoms with Crippen molar-refractivity contribution < 1.29 is 0 Å². The zero-order valence-corrected chi connectivity index (χ0v) is 9.01. The number of aromatic nitrogens is 1. The van der Waals surface area contributed by atoms with Crippen molar-refractivity contribution in [3.63, 3.8) is 0 Å². The van der Waals surface area contributed by atoms with Crippen LogP contribution in [0.4, 0.5) is 0 Å². The van der Waals surface area contributed by atoms with E-state index in [-0.39, 0.29) is 5.56 Å². The van der Waals surface area contributed by atoms with Crippen molar-refractivity contribution in [1.29, 1.82) is 0 Å². The van der Waals surface area contributed by atoms with E-state index in [0.717, 1.165) is 12.0 Å². The van der Waals surface area contributed by atoms with E-state index >= 15 is 0 Å². The lowest BCUT2D eigenvalue weighted by atomic mass is 10.3. The van der Waals surface area contributed by atoms with Crippen molar-refractivity contribution >= 4 is 17.2 Å². The summed E-state index contributed by atoms with van der Waals surface area (Å²) in [6, 6.07) is 3.68. The molecular weight excluding hydrogens is 196 g/mol. The fourth-order valence-electron chi connectivity index (χ4n) is 1.26. The van der Waals surface area contributed by atoms with Gasteiger partial charge in [0.1, 0.15) is 0 Å². The molecule has 1 aromatic heterocycles. The quantitative estimate of drug-likeness (QED) is 0.760. The summed E-state index contributed by atoms with van der Waals surface area (Å²) in [6.45, 7) is 2.49. The van der Waals surface area contributed by atoms with Crippen molar-refractivity contribution in [2.75, 3.05) is 0 Å². The predicted octanol–water partition coefficient (Wildman–Crippen LogP) is 1.22. The van der Waals surface area contributed by atoms with Crippen LogP contribution in [0.3, 0.4) is 0 Å². The Labute approximate surface area is 88.5 Å². The summed E-state index contributed by atoms with van der Waals surface area (Å²) >= 11 is 4.76. The molecule has 76 valence electrons. The molecule has 0 spiro atoms. The summed E-state index contributed by atoms with van der Waals surface area (Å²) in [4.78, 5) is 12.0. The van der Waals surface area contributed by atoms with Crippen molar-refractivity contribution in [1.82, 2.24) is 4.57 Å². The summed E-state index contributed by atoms with van der Waals surface area (Å²) in [7, 11) is 0. The Morgan fingerprint density at radius 3 is 3.00 bits per heavy atom. The highest BCUT2D eigenvalue weighted by molar-refractivity contribution is 7.80. The lowest BCUT2D eigenvalue weighted by molar-refractivity contribution is 0.634. The fourth-order valence-corrected chi connectivity index (χ4v) is 1.40. The van der Waals surface area contributed by atoms with Crippen LogP contribution >= 0.6 is 12.2 Å². The van der Waals surface area contributed by atoms with E-state index in [2.05, 4.69) is 0 Å². The molecule has 3 nitrogen and oxygen atoms in total. The van der Waals surface area contributed by atoms with Crippen LogP contribution in [-0.2, 0) is 6.54 Å². The number of hydrogen-bond donors (Lipinski definition) is 1. The Hall–Kier alpha value is -1.16. The van der Waals surface area contributed by atoms with Gasteiger partial charge in [-0.3, -0.25) is 4.79 Å². The van der Waals surface area contributed by atoms with Gasteiger partial charge in [-0.25, -0.2) is 0 Å². The fraction of sp³-hybridized carbons (Fsp3) is 0.400. The van der Waals surface area contributed by atoms with Gasteiger partial charge in [-0.15, -0.1) is 0 Å². The Morgan fingerprint density at radius 1 is 1.64 bits per heavy atom. The second-order valence-electron chi connectivity index (χ2n) is 3.26. The molecule has 4 heteroatoms. The van der Waals surface area contributed by atoms with Gasteiger partial charge in [0.2, 0.25) is 0 Å². The summed E-state index contributed by atoms with van der Waals surface area (Å²) in [5.74, 6) is 0. The SMILES string of the molecule is Cc1cccn(CCCC(N)=S)c1=O. The second kappa shape index (κ2) is 4.91. The van der Waals surface area contributed by atoms with E-state index in [4.69, 9.17) is 18.0 Å². The van der Waals surface area contributed by atoms with E-state index in [9.17, 15) is 4.79 Å². The topological polar surface area (TPSA) is 48.0 Å². The largest absolute Gasteiger partial charge is 0.393 e. The van der Waals surface area contributed by atoms with Gasteiger partial charge in [-0.1, -0.05) is 18.3 Å². The molecule has 0 aliphatic rings. The second-order valence-corrected chi connectivity index (χ2v) is 3.78. The van der Waals surface area contributed by atoms with E-state index in [1.54, 1.807) is 10.8 Å². The minimum Gasteiger partial charge on any atom is -0.393 e. The number of thiocarbonyl (C=S) groups is 1. The number of aryl methyl sites for hydroxylation is 2. The molecule has 0 saturated carbocycles. The zero-order chi connectivity index (χ0) is 10.6. The first-order valence-electron chi connectivity index (χ1n) is 4.55. The molecule has 1 aromatic rings. The predicted molar refractivity (Wildman–Crippen MR) is 61.5 cm³/mol. The molecule has 2 N–H and O–H groups in total. The first kappa shape index (κ1) is 10.9. The number of hydrogen-bond acceptors (Lipinski definition) is 2. The Morgan fingerprint density at radius 2 is 2.36 bits per heavy atom. The van der Waals surface area contributed by atoms with Crippen LogP contribution in [0.5, 0.6) is 0 Å². The van der Waals surface area contributed by atoms with Crippen molar-refractivity contribution in [3.8, 4) is 0 Å². The summed E-state index contributed by atoms with van der Waals surface area (Å²) in [5.41, 5.74) is 6.20. The smallest absolute Gasteiger partial charge is 0.253 e. The minimum absolute atomic E-state index is 0.0652. The molecular formula is C10H14N2OS. The monoisotopic (exact) mass is 210 g/mol. The third kappa shape index (κ3) is 2.96. The molecule has 0 aliphatic carbocycles. The van der Waals surface area contributed by atoms with Gasteiger partial charge in [-0.2, -0.15) is 0 Å². The molecule has 1 rings (SSSR count).